The number of aryl methyl sites for hydroxylation is 1. The lowest BCUT2D eigenvalue weighted by Crippen LogP contribution is -2.30. The van der Waals surface area contributed by atoms with E-state index < -0.39 is 10.0 Å². The van der Waals surface area contributed by atoms with E-state index in [0.29, 0.717) is 11.4 Å². The van der Waals surface area contributed by atoms with E-state index in [-0.39, 0.29) is 22.9 Å². The summed E-state index contributed by atoms with van der Waals surface area (Å²) in [5.74, 6) is -0.385. The monoisotopic (exact) mass is 492 g/mol. The lowest BCUT2D eigenvalue weighted by Gasteiger charge is -2.23. The van der Waals surface area contributed by atoms with Gasteiger partial charge in [0.15, 0.2) is 5.16 Å². The second-order valence-corrected chi connectivity index (χ2v) is 10.3. The molecule has 1 heterocycles. The third kappa shape index (κ3) is 5.16. The number of hydrogen-bond acceptors (Lipinski definition) is 5. The van der Waals surface area contributed by atoms with Crippen LogP contribution in [0.5, 0.6) is 0 Å². The lowest BCUT2D eigenvalue weighted by atomic mass is 10.2. The van der Waals surface area contributed by atoms with Gasteiger partial charge >= 0.3 is 0 Å². The summed E-state index contributed by atoms with van der Waals surface area (Å²) in [6.07, 6.45) is 3.62. The van der Waals surface area contributed by atoms with Gasteiger partial charge in [0.1, 0.15) is 0 Å². The highest BCUT2D eigenvalue weighted by Crippen LogP contribution is 2.27. The minimum atomic E-state index is -3.82. The van der Waals surface area contributed by atoms with E-state index in [1.54, 1.807) is 61.7 Å². The Kier molecular flexibility index (Phi) is 7.04. The molecule has 0 spiro atoms. The molecular formula is C25H24N4O3S2. The molecular weight excluding hydrogens is 468 g/mol. The minimum absolute atomic E-state index is 0.0627. The Morgan fingerprint density at radius 1 is 1.03 bits per heavy atom. The highest BCUT2D eigenvalue weighted by molar-refractivity contribution is 7.99. The van der Waals surface area contributed by atoms with Crippen LogP contribution in [0.1, 0.15) is 17.3 Å². The zero-order chi connectivity index (χ0) is 24.1. The zero-order valence-electron chi connectivity index (χ0n) is 18.8. The van der Waals surface area contributed by atoms with Gasteiger partial charge in [0.05, 0.1) is 10.6 Å². The first-order chi connectivity index (χ1) is 16.4. The van der Waals surface area contributed by atoms with Crippen LogP contribution in [0.25, 0.3) is 0 Å². The van der Waals surface area contributed by atoms with E-state index in [2.05, 4.69) is 10.3 Å². The van der Waals surface area contributed by atoms with Crippen molar-refractivity contribution in [3.05, 3.63) is 96.8 Å². The Balaban J connectivity index is 1.50. The first kappa shape index (κ1) is 23.6. The molecule has 0 aliphatic carbocycles. The number of rotatable bonds is 8. The normalized spacial score (nSPS) is 11.2. The summed E-state index contributed by atoms with van der Waals surface area (Å²) in [6, 6.07) is 22.4. The molecule has 1 N–H and O–H groups in total. The van der Waals surface area contributed by atoms with Crippen LogP contribution < -0.4 is 9.62 Å². The first-order valence-electron chi connectivity index (χ1n) is 10.6. The second kappa shape index (κ2) is 10.1. The molecule has 0 atom stereocenters. The number of sulfonamides is 1. The summed E-state index contributed by atoms with van der Waals surface area (Å²) in [5, 5.41) is 3.70. The maximum Gasteiger partial charge on any atom is 0.264 e. The number of imidazole rings is 1. The van der Waals surface area contributed by atoms with Crippen molar-refractivity contribution in [2.24, 2.45) is 7.05 Å². The van der Waals surface area contributed by atoms with Crippen LogP contribution in [-0.4, -0.2) is 30.4 Å². The predicted molar refractivity (Wildman–Crippen MR) is 135 cm³/mol. The van der Waals surface area contributed by atoms with Gasteiger partial charge in [-0.3, -0.25) is 9.10 Å². The highest BCUT2D eigenvalue weighted by atomic mass is 32.2. The number of carbonyl (C=O) groups is 1. The van der Waals surface area contributed by atoms with E-state index in [1.807, 2.05) is 36.0 Å². The molecule has 0 unspecified atom stereocenters. The summed E-state index contributed by atoms with van der Waals surface area (Å²) in [7, 11) is -1.90. The Labute approximate surface area is 203 Å². The molecule has 34 heavy (non-hydrogen) atoms. The number of para-hydroxylation sites is 1. The molecule has 0 radical (unpaired) electrons. The summed E-state index contributed by atoms with van der Waals surface area (Å²) in [4.78, 5) is 18.2. The van der Waals surface area contributed by atoms with Gasteiger partial charge in [0, 0.05) is 42.1 Å². The zero-order valence-corrected chi connectivity index (χ0v) is 20.4. The Morgan fingerprint density at radius 3 is 2.41 bits per heavy atom. The number of nitrogens with zero attached hydrogens (tertiary/aromatic N) is 3. The molecule has 0 saturated carbocycles. The molecule has 0 bridgehead atoms. The highest BCUT2D eigenvalue weighted by Gasteiger charge is 2.24. The molecule has 1 aromatic heterocycles. The number of carbonyl (C=O) groups excluding carboxylic acids is 1. The van der Waals surface area contributed by atoms with Crippen LogP contribution in [0, 0.1) is 0 Å². The number of anilines is 2. The van der Waals surface area contributed by atoms with Crippen molar-refractivity contribution in [2.75, 3.05) is 16.2 Å². The van der Waals surface area contributed by atoms with Gasteiger partial charge in [0.25, 0.3) is 15.9 Å². The van der Waals surface area contributed by atoms with Gasteiger partial charge in [-0.1, -0.05) is 36.0 Å². The molecule has 9 heteroatoms. The van der Waals surface area contributed by atoms with Crippen molar-refractivity contribution in [1.82, 2.24) is 9.55 Å². The van der Waals surface area contributed by atoms with Gasteiger partial charge in [0.2, 0.25) is 0 Å². The summed E-state index contributed by atoms with van der Waals surface area (Å²) in [6.45, 7) is 2.04. The van der Waals surface area contributed by atoms with Crippen LogP contribution in [0.3, 0.4) is 0 Å². The smallest absolute Gasteiger partial charge is 0.264 e. The van der Waals surface area contributed by atoms with Crippen LogP contribution in [-0.2, 0) is 17.1 Å². The molecule has 3 aromatic carbocycles. The fourth-order valence-corrected chi connectivity index (χ4v) is 5.70. The van der Waals surface area contributed by atoms with Crippen molar-refractivity contribution in [2.45, 2.75) is 21.9 Å². The average molecular weight is 493 g/mol. The molecule has 7 nitrogen and oxygen atoms in total. The third-order valence-corrected chi connectivity index (χ3v) is 8.10. The van der Waals surface area contributed by atoms with E-state index in [1.165, 1.54) is 28.2 Å². The topological polar surface area (TPSA) is 84.3 Å². The van der Waals surface area contributed by atoms with Crippen molar-refractivity contribution in [3.8, 4) is 0 Å². The van der Waals surface area contributed by atoms with Crippen LogP contribution in [0.15, 0.2) is 106 Å². The Hall–Kier alpha value is -3.56. The van der Waals surface area contributed by atoms with Gasteiger partial charge < -0.3 is 9.88 Å². The van der Waals surface area contributed by atoms with E-state index >= 15 is 0 Å². The number of hydrogen-bond donors (Lipinski definition) is 1. The lowest BCUT2D eigenvalue weighted by molar-refractivity contribution is 0.102. The standard InChI is InChI=1S/C25H24N4O3S2/c1-3-29(21-9-5-4-6-10-21)34(31,32)23-11-7-8-19(18-23)24(30)27-20-12-14-22(15-13-20)33-25-26-16-17-28(25)2/h4-18H,3H2,1-2H3,(H,27,30). The van der Waals surface area contributed by atoms with Gasteiger partial charge in [-0.2, -0.15) is 0 Å². The fraction of sp³-hybridized carbons (Fsp3) is 0.120. The maximum atomic E-state index is 13.3. The van der Waals surface area contributed by atoms with Crippen LogP contribution in [0.2, 0.25) is 0 Å². The summed E-state index contributed by atoms with van der Waals surface area (Å²) < 4.78 is 29.8. The van der Waals surface area contributed by atoms with Crippen molar-refractivity contribution >= 4 is 39.1 Å². The third-order valence-electron chi connectivity index (χ3n) is 5.11. The first-order valence-corrected chi connectivity index (χ1v) is 12.9. The molecule has 0 fully saturated rings. The second-order valence-electron chi connectivity index (χ2n) is 7.43. The van der Waals surface area contributed by atoms with E-state index in [4.69, 9.17) is 0 Å². The van der Waals surface area contributed by atoms with Gasteiger partial charge in [-0.05, 0) is 61.5 Å². The molecule has 0 saturated heterocycles. The molecule has 1 amide bonds. The maximum absolute atomic E-state index is 13.3. The number of amides is 1. The Bertz CT molecular complexity index is 1390. The predicted octanol–water partition coefficient (Wildman–Crippen LogP) is 5.04. The van der Waals surface area contributed by atoms with Crippen molar-refractivity contribution in [3.63, 3.8) is 0 Å². The Morgan fingerprint density at radius 2 is 1.76 bits per heavy atom. The van der Waals surface area contributed by atoms with Crippen molar-refractivity contribution in [1.29, 1.82) is 0 Å². The average Bonchev–Trinajstić information content (AvgIpc) is 3.25. The largest absolute Gasteiger partial charge is 0.329 e. The van der Waals surface area contributed by atoms with E-state index in [9.17, 15) is 13.2 Å². The van der Waals surface area contributed by atoms with Crippen LogP contribution in [0.4, 0.5) is 11.4 Å². The van der Waals surface area contributed by atoms with Crippen molar-refractivity contribution < 1.29 is 13.2 Å². The SMILES string of the molecule is CCN(c1ccccc1)S(=O)(=O)c1cccc(C(=O)Nc2ccc(Sc3nccn3C)cc2)c1. The molecule has 174 valence electrons. The number of aromatic nitrogens is 2. The molecule has 4 aromatic rings. The van der Waals surface area contributed by atoms with Gasteiger partial charge in [-0.15, -0.1) is 0 Å². The molecule has 4 rings (SSSR count). The summed E-state index contributed by atoms with van der Waals surface area (Å²) in [5.41, 5.74) is 1.45. The van der Waals surface area contributed by atoms with Crippen LogP contribution >= 0.6 is 11.8 Å². The van der Waals surface area contributed by atoms with Gasteiger partial charge in [-0.25, -0.2) is 13.4 Å². The molecule has 0 aliphatic heterocycles. The fourth-order valence-electron chi connectivity index (χ4n) is 3.38. The summed E-state index contributed by atoms with van der Waals surface area (Å²) >= 11 is 1.52. The molecule has 0 aliphatic rings. The quantitative estimate of drug-likeness (QED) is 0.373. The number of benzene rings is 3. The number of nitrogens with one attached hydrogen (secondary N) is 1. The minimum Gasteiger partial charge on any atom is -0.329 e. The van der Waals surface area contributed by atoms with E-state index in [0.717, 1.165) is 10.1 Å².